The third-order valence-corrected chi connectivity index (χ3v) is 5.01. The molecule has 1 unspecified atom stereocenters. The van der Waals surface area contributed by atoms with E-state index in [0.717, 1.165) is 25.9 Å². The molecule has 1 N–H and O–H groups in total. The first-order valence-electron chi connectivity index (χ1n) is 8.50. The Morgan fingerprint density at radius 2 is 1.96 bits per heavy atom. The monoisotopic (exact) mass is 340 g/mol. The van der Waals surface area contributed by atoms with Gasteiger partial charge in [-0.15, -0.1) is 0 Å². The maximum Gasteiger partial charge on any atom is 0.232 e. The second-order valence-corrected chi connectivity index (χ2v) is 6.79. The maximum atomic E-state index is 12.3. The fraction of sp³-hybridized carbons (Fsp3) is 0.444. The lowest BCUT2D eigenvalue weighted by atomic mass is 10.0. The van der Waals surface area contributed by atoms with Crippen molar-refractivity contribution in [3.05, 3.63) is 42.6 Å². The largest absolute Gasteiger partial charge is 0.506 e. The lowest BCUT2D eigenvalue weighted by molar-refractivity contribution is 0.0931. The number of ketones is 1. The number of hydrogen-bond acceptors (Lipinski definition) is 7. The second-order valence-electron chi connectivity index (χ2n) is 6.79. The quantitative estimate of drug-likeness (QED) is 0.826. The van der Waals surface area contributed by atoms with Gasteiger partial charge < -0.3 is 9.84 Å². The molecule has 1 aliphatic carbocycles. The smallest absolute Gasteiger partial charge is 0.232 e. The summed E-state index contributed by atoms with van der Waals surface area (Å²) >= 11 is 0. The predicted molar refractivity (Wildman–Crippen MR) is 89.3 cm³/mol. The number of pyridine rings is 1. The summed E-state index contributed by atoms with van der Waals surface area (Å²) in [6.45, 7) is 2.20. The Labute approximate surface area is 145 Å². The van der Waals surface area contributed by atoms with Crippen molar-refractivity contribution in [2.45, 2.75) is 18.9 Å². The molecular weight excluding hydrogens is 320 g/mol. The van der Waals surface area contributed by atoms with Crippen molar-refractivity contribution < 1.29 is 14.6 Å². The third kappa shape index (κ3) is 3.61. The average molecular weight is 340 g/mol. The third-order valence-electron chi connectivity index (χ3n) is 5.01. The van der Waals surface area contributed by atoms with Crippen molar-refractivity contribution in [1.29, 1.82) is 0 Å². The van der Waals surface area contributed by atoms with Crippen LogP contribution in [0.4, 0.5) is 0 Å². The Hall–Kier alpha value is -2.54. The molecule has 2 aromatic heterocycles. The first-order chi connectivity index (χ1) is 12.2. The Bertz CT molecular complexity index is 724. The van der Waals surface area contributed by atoms with E-state index in [1.807, 2.05) is 0 Å². The van der Waals surface area contributed by atoms with Crippen LogP contribution in [0.2, 0.25) is 0 Å². The molecule has 0 amide bonds. The Morgan fingerprint density at radius 1 is 1.16 bits per heavy atom. The molecule has 7 heteroatoms. The van der Waals surface area contributed by atoms with Crippen LogP contribution in [0.15, 0.2) is 36.9 Å². The standard InChI is InChI=1S/C18H20N4O3/c23-14-1-2-16(21-7-14)17(24)11-22-9-12-5-15(6-13(12)10-22)25-18-8-19-3-4-20-18/h1-4,7-8,12-13,15,23H,5-6,9-11H2/t12-,13+,15?. The maximum absolute atomic E-state index is 12.3. The summed E-state index contributed by atoms with van der Waals surface area (Å²) in [4.78, 5) is 26.7. The van der Waals surface area contributed by atoms with Gasteiger partial charge in [0, 0.05) is 25.5 Å². The number of carbonyl (C=O) groups is 1. The minimum Gasteiger partial charge on any atom is -0.506 e. The first-order valence-corrected chi connectivity index (χ1v) is 8.50. The average Bonchev–Trinajstić information content (AvgIpc) is 3.14. The van der Waals surface area contributed by atoms with Crippen molar-refractivity contribution in [3.63, 3.8) is 0 Å². The van der Waals surface area contributed by atoms with Gasteiger partial charge in [-0.25, -0.2) is 9.97 Å². The number of ether oxygens (including phenoxy) is 1. The van der Waals surface area contributed by atoms with Crippen LogP contribution < -0.4 is 4.74 Å². The molecule has 2 aliphatic rings. The predicted octanol–water partition coefficient (Wildman–Crippen LogP) is 1.55. The highest BCUT2D eigenvalue weighted by Crippen LogP contribution is 2.39. The summed E-state index contributed by atoms with van der Waals surface area (Å²) in [5, 5.41) is 9.26. The molecule has 3 heterocycles. The van der Waals surface area contributed by atoms with Gasteiger partial charge in [-0.05, 0) is 36.8 Å². The first kappa shape index (κ1) is 16.0. The summed E-state index contributed by atoms with van der Waals surface area (Å²) in [6.07, 6.45) is 8.38. The van der Waals surface area contributed by atoms with Crippen LogP contribution in [0.3, 0.4) is 0 Å². The molecule has 1 aliphatic heterocycles. The molecule has 2 aromatic rings. The Kier molecular flexibility index (Phi) is 4.31. The molecule has 1 saturated carbocycles. The number of Topliss-reactive ketones (excluding diaryl/α,β-unsaturated/α-hetero) is 1. The zero-order valence-corrected chi connectivity index (χ0v) is 13.8. The molecule has 0 radical (unpaired) electrons. The number of hydrogen-bond donors (Lipinski definition) is 1. The molecule has 25 heavy (non-hydrogen) atoms. The van der Waals surface area contributed by atoms with Gasteiger partial charge in [0.2, 0.25) is 5.88 Å². The van der Waals surface area contributed by atoms with E-state index in [1.165, 1.54) is 12.3 Å². The topological polar surface area (TPSA) is 88.4 Å². The number of nitrogens with zero attached hydrogens (tertiary/aromatic N) is 4. The van der Waals surface area contributed by atoms with Crippen molar-refractivity contribution in [2.75, 3.05) is 19.6 Å². The van der Waals surface area contributed by atoms with E-state index in [2.05, 4.69) is 19.9 Å². The summed E-state index contributed by atoms with van der Waals surface area (Å²) in [6, 6.07) is 3.06. The molecule has 130 valence electrons. The molecular formula is C18H20N4O3. The van der Waals surface area contributed by atoms with Crippen LogP contribution in [-0.2, 0) is 0 Å². The number of rotatable bonds is 5. The van der Waals surface area contributed by atoms with Crippen LogP contribution in [0, 0.1) is 11.8 Å². The minimum absolute atomic E-state index is 0.00710. The van der Waals surface area contributed by atoms with Crippen LogP contribution in [-0.4, -0.2) is 56.5 Å². The number of likely N-dealkylation sites (tertiary alicyclic amines) is 1. The van der Waals surface area contributed by atoms with E-state index in [-0.39, 0.29) is 17.6 Å². The highest BCUT2D eigenvalue weighted by molar-refractivity contribution is 5.95. The summed E-state index contributed by atoms with van der Waals surface area (Å²) < 4.78 is 5.92. The molecule has 3 atom stereocenters. The van der Waals surface area contributed by atoms with Gasteiger partial charge in [0.15, 0.2) is 5.78 Å². The summed E-state index contributed by atoms with van der Waals surface area (Å²) in [7, 11) is 0. The Balaban J connectivity index is 1.29. The SMILES string of the molecule is O=C(CN1C[C@H]2CC(Oc3cnccn3)C[C@H]2C1)c1ccc(O)cn1. The number of aromatic hydroxyl groups is 1. The molecule has 0 bridgehead atoms. The van der Waals surface area contributed by atoms with E-state index in [9.17, 15) is 9.90 Å². The molecule has 0 spiro atoms. The fourth-order valence-electron chi connectivity index (χ4n) is 3.92. The summed E-state index contributed by atoms with van der Waals surface area (Å²) in [5.74, 6) is 1.76. The number of carbonyl (C=O) groups excluding carboxylic acids is 1. The number of aromatic nitrogens is 3. The van der Waals surface area contributed by atoms with E-state index in [1.54, 1.807) is 24.7 Å². The zero-order valence-electron chi connectivity index (χ0n) is 13.8. The summed E-state index contributed by atoms with van der Waals surface area (Å²) in [5.41, 5.74) is 0.402. The van der Waals surface area contributed by atoms with Gasteiger partial charge in [0.05, 0.1) is 18.9 Å². The Morgan fingerprint density at radius 3 is 2.60 bits per heavy atom. The number of fused-ring (bicyclic) bond motifs is 1. The van der Waals surface area contributed by atoms with Gasteiger partial charge in [-0.1, -0.05) is 0 Å². The van der Waals surface area contributed by atoms with Crippen molar-refractivity contribution in [1.82, 2.24) is 19.9 Å². The van der Waals surface area contributed by atoms with Gasteiger partial charge >= 0.3 is 0 Å². The van der Waals surface area contributed by atoms with E-state index >= 15 is 0 Å². The normalized spacial score (nSPS) is 25.7. The molecule has 0 aromatic carbocycles. The van der Waals surface area contributed by atoms with Gasteiger partial charge in [0.25, 0.3) is 0 Å². The molecule has 7 nitrogen and oxygen atoms in total. The minimum atomic E-state index is -0.00710. The molecule has 2 fully saturated rings. The fourth-order valence-corrected chi connectivity index (χ4v) is 3.92. The van der Waals surface area contributed by atoms with Gasteiger partial charge in [-0.2, -0.15) is 0 Å². The van der Waals surface area contributed by atoms with Crippen molar-refractivity contribution in [3.8, 4) is 11.6 Å². The van der Waals surface area contributed by atoms with Gasteiger partial charge in [-0.3, -0.25) is 14.7 Å². The zero-order chi connectivity index (χ0) is 17.2. The van der Waals surface area contributed by atoms with Crippen LogP contribution in [0.1, 0.15) is 23.3 Å². The van der Waals surface area contributed by atoms with Crippen molar-refractivity contribution >= 4 is 5.78 Å². The van der Waals surface area contributed by atoms with Crippen LogP contribution in [0.25, 0.3) is 0 Å². The van der Waals surface area contributed by atoms with E-state index < -0.39 is 0 Å². The van der Waals surface area contributed by atoms with E-state index in [0.29, 0.717) is 30.0 Å². The highest BCUT2D eigenvalue weighted by Gasteiger charge is 2.42. The van der Waals surface area contributed by atoms with Gasteiger partial charge in [0.1, 0.15) is 17.5 Å². The van der Waals surface area contributed by atoms with Crippen molar-refractivity contribution in [2.24, 2.45) is 11.8 Å². The van der Waals surface area contributed by atoms with Crippen LogP contribution >= 0.6 is 0 Å². The van der Waals surface area contributed by atoms with Crippen LogP contribution in [0.5, 0.6) is 11.6 Å². The van der Waals surface area contributed by atoms with E-state index in [4.69, 9.17) is 4.74 Å². The highest BCUT2D eigenvalue weighted by atomic mass is 16.5. The molecule has 4 rings (SSSR count). The second kappa shape index (κ2) is 6.76. The lowest BCUT2D eigenvalue weighted by Gasteiger charge is -2.18. The molecule has 1 saturated heterocycles. The lowest BCUT2D eigenvalue weighted by Crippen LogP contribution is -2.30.